The van der Waals surface area contributed by atoms with Crippen molar-refractivity contribution < 1.29 is 4.74 Å². The number of rotatable bonds is 6. The van der Waals surface area contributed by atoms with E-state index in [9.17, 15) is 0 Å². The average molecular weight is 214 g/mol. The highest BCUT2D eigenvalue weighted by molar-refractivity contribution is 4.89. The number of nitrogens with zero attached hydrogens (tertiary/aromatic N) is 1. The highest BCUT2D eigenvalue weighted by Crippen LogP contribution is 2.23. The molecule has 0 spiro atoms. The van der Waals surface area contributed by atoms with E-state index in [1.807, 2.05) is 0 Å². The zero-order chi connectivity index (χ0) is 11.4. The van der Waals surface area contributed by atoms with Crippen LogP contribution in [0.25, 0.3) is 0 Å². The Balaban J connectivity index is 2.26. The van der Waals surface area contributed by atoms with Gasteiger partial charge < -0.3 is 15.0 Å². The van der Waals surface area contributed by atoms with Crippen LogP contribution in [0.5, 0.6) is 0 Å². The van der Waals surface area contributed by atoms with Gasteiger partial charge in [-0.05, 0) is 32.9 Å². The lowest BCUT2D eigenvalue weighted by molar-refractivity contribution is 0.0113. The summed E-state index contributed by atoms with van der Waals surface area (Å²) in [5.74, 6) is 0.689. The van der Waals surface area contributed by atoms with Crippen molar-refractivity contribution in [1.82, 2.24) is 10.2 Å². The fourth-order valence-electron chi connectivity index (χ4n) is 2.05. The van der Waals surface area contributed by atoms with Crippen LogP contribution in [-0.2, 0) is 4.74 Å². The first-order chi connectivity index (χ1) is 7.02. The standard InChI is InChI=1S/C12H26N2O/c1-9(2)12(8-14(3)4)13-10-6-11(7-10)15-5/h9-13H,6-8H2,1-5H3. The van der Waals surface area contributed by atoms with E-state index in [4.69, 9.17) is 4.74 Å². The summed E-state index contributed by atoms with van der Waals surface area (Å²) in [4.78, 5) is 2.25. The highest BCUT2D eigenvalue weighted by atomic mass is 16.5. The summed E-state index contributed by atoms with van der Waals surface area (Å²) >= 11 is 0. The monoisotopic (exact) mass is 214 g/mol. The van der Waals surface area contributed by atoms with Crippen molar-refractivity contribution in [2.75, 3.05) is 27.7 Å². The summed E-state index contributed by atoms with van der Waals surface area (Å²) in [5, 5.41) is 3.73. The summed E-state index contributed by atoms with van der Waals surface area (Å²) in [6, 6.07) is 1.27. The summed E-state index contributed by atoms with van der Waals surface area (Å²) in [5.41, 5.74) is 0. The quantitative estimate of drug-likeness (QED) is 0.722. The van der Waals surface area contributed by atoms with Crippen LogP contribution in [0.4, 0.5) is 0 Å². The molecule has 1 rings (SSSR count). The first-order valence-electron chi connectivity index (χ1n) is 5.96. The summed E-state index contributed by atoms with van der Waals surface area (Å²) in [6.07, 6.45) is 2.84. The number of hydrogen-bond donors (Lipinski definition) is 1. The molecule has 0 saturated heterocycles. The number of methoxy groups -OCH3 is 1. The number of nitrogens with one attached hydrogen (secondary N) is 1. The topological polar surface area (TPSA) is 24.5 Å². The zero-order valence-corrected chi connectivity index (χ0v) is 10.8. The predicted octanol–water partition coefficient (Wildman–Crippen LogP) is 1.34. The number of likely N-dealkylation sites (N-methyl/N-ethyl adjacent to an activating group) is 1. The molecule has 1 saturated carbocycles. The molecule has 0 aromatic carbocycles. The smallest absolute Gasteiger partial charge is 0.0601 e. The Kier molecular flexibility index (Phi) is 5.03. The van der Waals surface area contributed by atoms with E-state index in [1.54, 1.807) is 7.11 Å². The maximum Gasteiger partial charge on any atom is 0.0601 e. The van der Waals surface area contributed by atoms with Crippen molar-refractivity contribution in [3.63, 3.8) is 0 Å². The Morgan fingerprint density at radius 3 is 2.33 bits per heavy atom. The number of hydrogen-bond acceptors (Lipinski definition) is 3. The van der Waals surface area contributed by atoms with Crippen LogP contribution in [-0.4, -0.2) is 50.8 Å². The molecule has 1 atom stereocenters. The fraction of sp³-hybridized carbons (Fsp3) is 1.00. The molecule has 0 aromatic heterocycles. The van der Waals surface area contributed by atoms with Gasteiger partial charge in [-0.1, -0.05) is 13.8 Å². The van der Waals surface area contributed by atoms with Crippen LogP contribution >= 0.6 is 0 Å². The second kappa shape index (κ2) is 5.83. The van der Waals surface area contributed by atoms with Gasteiger partial charge in [0, 0.05) is 25.7 Å². The SMILES string of the molecule is COC1CC(NC(CN(C)C)C(C)C)C1. The van der Waals surface area contributed by atoms with Gasteiger partial charge in [0.05, 0.1) is 6.10 Å². The minimum absolute atomic E-state index is 0.495. The predicted molar refractivity (Wildman–Crippen MR) is 64.1 cm³/mol. The van der Waals surface area contributed by atoms with Gasteiger partial charge in [0.1, 0.15) is 0 Å². The Bertz CT molecular complexity index is 176. The highest BCUT2D eigenvalue weighted by Gasteiger charge is 2.31. The third kappa shape index (κ3) is 4.09. The zero-order valence-electron chi connectivity index (χ0n) is 10.8. The van der Waals surface area contributed by atoms with Gasteiger partial charge in [0.15, 0.2) is 0 Å². The van der Waals surface area contributed by atoms with Gasteiger partial charge in [0.25, 0.3) is 0 Å². The second-order valence-electron chi connectivity index (χ2n) is 5.31. The van der Waals surface area contributed by atoms with Gasteiger partial charge >= 0.3 is 0 Å². The molecule has 0 radical (unpaired) electrons. The Hall–Kier alpha value is -0.120. The Morgan fingerprint density at radius 1 is 1.33 bits per heavy atom. The second-order valence-corrected chi connectivity index (χ2v) is 5.31. The van der Waals surface area contributed by atoms with Gasteiger partial charge in [0.2, 0.25) is 0 Å². The Morgan fingerprint density at radius 2 is 1.93 bits per heavy atom. The van der Waals surface area contributed by atoms with E-state index in [1.165, 1.54) is 12.8 Å². The van der Waals surface area contributed by atoms with Crippen molar-refractivity contribution in [3.05, 3.63) is 0 Å². The molecular weight excluding hydrogens is 188 g/mol. The molecule has 0 heterocycles. The number of ether oxygens (including phenoxy) is 1. The molecule has 3 nitrogen and oxygen atoms in total. The van der Waals surface area contributed by atoms with Crippen LogP contribution < -0.4 is 5.32 Å². The lowest BCUT2D eigenvalue weighted by Gasteiger charge is -2.39. The van der Waals surface area contributed by atoms with E-state index in [0.29, 0.717) is 24.1 Å². The first-order valence-corrected chi connectivity index (χ1v) is 5.96. The van der Waals surface area contributed by atoms with Crippen molar-refractivity contribution in [3.8, 4) is 0 Å². The van der Waals surface area contributed by atoms with E-state index < -0.39 is 0 Å². The maximum absolute atomic E-state index is 5.29. The van der Waals surface area contributed by atoms with Gasteiger partial charge in [-0.3, -0.25) is 0 Å². The van der Waals surface area contributed by atoms with Crippen molar-refractivity contribution in [2.24, 2.45) is 5.92 Å². The molecule has 1 fully saturated rings. The summed E-state index contributed by atoms with van der Waals surface area (Å²) < 4.78 is 5.29. The van der Waals surface area contributed by atoms with Gasteiger partial charge in [-0.25, -0.2) is 0 Å². The van der Waals surface area contributed by atoms with E-state index in [2.05, 4.69) is 38.2 Å². The molecule has 0 bridgehead atoms. The Labute approximate surface area is 94.2 Å². The van der Waals surface area contributed by atoms with Crippen LogP contribution in [0.2, 0.25) is 0 Å². The normalized spacial score (nSPS) is 28.2. The van der Waals surface area contributed by atoms with Crippen molar-refractivity contribution in [1.29, 1.82) is 0 Å². The molecule has 0 amide bonds. The lowest BCUT2D eigenvalue weighted by atomic mass is 9.87. The molecule has 1 N–H and O–H groups in total. The molecule has 15 heavy (non-hydrogen) atoms. The summed E-state index contributed by atoms with van der Waals surface area (Å²) in [6.45, 7) is 5.69. The van der Waals surface area contributed by atoms with Crippen molar-refractivity contribution >= 4 is 0 Å². The molecule has 1 unspecified atom stereocenters. The minimum atomic E-state index is 0.495. The molecular formula is C12H26N2O. The fourth-order valence-corrected chi connectivity index (χ4v) is 2.05. The van der Waals surface area contributed by atoms with Gasteiger partial charge in [-0.15, -0.1) is 0 Å². The molecule has 1 aliphatic carbocycles. The molecule has 3 heteroatoms. The average Bonchev–Trinajstić information content (AvgIpc) is 2.07. The first kappa shape index (κ1) is 12.9. The van der Waals surface area contributed by atoms with E-state index >= 15 is 0 Å². The lowest BCUT2D eigenvalue weighted by Crippen LogP contribution is -2.53. The largest absolute Gasteiger partial charge is 0.381 e. The molecule has 0 aliphatic heterocycles. The van der Waals surface area contributed by atoms with Crippen molar-refractivity contribution in [2.45, 2.75) is 44.9 Å². The third-order valence-electron chi connectivity index (χ3n) is 3.24. The van der Waals surface area contributed by atoms with E-state index in [0.717, 1.165) is 6.54 Å². The van der Waals surface area contributed by atoms with Gasteiger partial charge in [-0.2, -0.15) is 0 Å². The summed E-state index contributed by atoms with van der Waals surface area (Å²) in [7, 11) is 6.08. The minimum Gasteiger partial charge on any atom is -0.381 e. The molecule has 90 valence electrons. The van der Waals surface area contributed by atoms with Crippen LogP contribution in [0, 0.1) is 5.92 Å². The molecule has 1 aliphatic rings. The maximum atomic E-state index is 5.29. The molecule has 0 aromatic rings. The van der Waals surface area contributed by atoms with E-state index in [-0.39, 0.29) is 0 Å². The van der Waals surface area contributed by atoms with Crippen LogP contribution in [0.15, 0.2) is 0 Å². The third-order valence-corrected chi connectivity index (χ3v) is 3.24. The van der Waals surface area contributed by atoms with Crippen LogP contribution in [0.1, 0.15) is 26.7 Å². The van der Waals surface area contributed by atoms with Crippen LogP contribution in [0.3, 0.4) is 0 Å².